The Labute approximate surface area is 126 Å². The van der Waals surface area contributed by atoms with E-state index >= 15 is 0 Å². The third-order valence-corrected chi connectivity index (χ3v) is 3.69. The second-order valence-electron chi connectivity index (χ2n) is 5.11. The Hall–Kier alpha value is -2.88. The molecule has 2 aromatic rings. The predicted molar refractivity (Wildman–Crippen MR) is 79.4 cm³/mol. The minimum Gasteiger partial charge on any atom is -0.419 e. The zero-order chi connectivity index (χ0) is 15.5. The van der Waals surface area contributed by atoms with E-state index in [-0.39, 0.29) is 22.8 Å². The van der Waals surface area contributed by atoms with E-state index in [0.717, 1.165) is 32.4 Å². The maximum Gasteiger partial charge on any atom is 0.282 e. The normalized spacial score (nSPS) is 14.6. The predicted octanol–water partition coefficient (Wildman–Crippen LogP) is 3.11. The van der Waals surface area contributed by atoms with Gasteiger partial charge in [0.1, 0.15) is 11.6 Å². The quantitative estimate of drug-likeness (QED) is 0.638. The monoisotopic (exact) mass is 298 g/mol. The number of nitrogens with zero attached hydrogens (tertiary/aromatic N) is 4. The lowest BCUT2D eigenvalue weighted by Gasteiger charge is -2.25. The van der Waals surface area contributed by atoms with Crippen LogP contribution in [-0.4, -0.2) is 23.0 Å². The van der Waals surface area contributed by atoms with Crippen LogP contribution in [0.25, 0.3) is 11.5 Å². The van der Waals surface area contributed by atoms with Crippen LogP contribution in [0.3, 0.4) is 0 Å². The molecular weight excluding hydrogens is 284 g/mol. The fraction of sp³-hybridized carbons (Fsp3) is 0.333. The number of oxazole rings is 1. The number of aromatic nitrogens is 1. The summed E-state index contributed by atoms with van der Waals surface area (Å²) in [6.07, 6.45) is 3.22. The Morgan fingerprint density at radius 3 is 2.68 bits per heavy atom. The van der Waals surface area contributed by atoms with Gasteiger partial charge in [0, 0.05) is 19.2 Å². The number of para-hydroxylation sites is 1. The molecule has 1 aromatic heterocycles. The van der Waals surface area contributed by atoms with E-state index in [1.807, 2.05) is 11.0 Å². The molecule has 0 aliphatic carbocycles. The first kappa shape index (κ1) is 14.1. The number of rotatable bonds is 3. The van der Waals surface area contributed by atoms with Gasteiger partial charge in [0.15, 0.2) is 0 Å². The van der Waals surface area contributed by atoms with Gasteiger partial charge in [-0.3, -0.25) is 10.1 Å². The maximum atomic E-state index is 11.1. The van der Waals surface area contributed by atoms with Crippen molar-refractivity contribution >= 4 is 11.6 Å². The molecule has 0 radical (unpaired) electrons. The molecule has 22 heavy (non-hydrogen) atoms. The van der Waals surface area contributed by atoms with Crippen molar-refractivity contribution in [2.75, 3.05) is 18.0 Å². The Kier molecular flexibility index (Phi) is 3.74. The van der Waals surface area contributed by atoms with E-state index in [1.54, 1.807) is 18.2 Å². The first-order valence-electron chi connectivity index (χ1n) is 7.10. The van der Waals surface area contributed by atoms with Crippen LogP contribution in [0.5, 0.6) is 0 Å². The largest absolute Gasteiger partial charge is 0.419 e. The molecule has 1 fully saturated rings. The van der Waals surface area contributed by atoms with Crippen molar-refractivity contribution in [2.45, 2.75) is 19.3 Å². The molecule has 7 nitrogen and oxygen atoms in total. The Balaban J connectivity index is 2.04. The molecule has 1 aliphatic heterocycles. The van der Waals surface area contributed by atoms with Crippen LogP contribution in [0.15, 0.2) is 28.7 Å². The van der Waals surface area contributed by atoms with Crippen LogP contribution in [0.1, 0.15) is 25.0 Å². The summed E-state index contributed by atoms with van der Waals surface area (Å²) in [5, 5.41) is 20.4. The average Bonchev–Trinajstić information content (AvgIpc) is 3.00. The number of nitro groups is 1. The van der Waals surface area contributed by atoms with Gasteiger partial charge < -0.3 is 9.32 Å². The fourth-order valence-corrected chi connectivity index (χ4v) is 2.63. The molecule has 0 amide bonds. The van der Waals surface area contributed by atoms with Crippen molar-refractivity contribution in [1.82, 2.24) is 4.98 Å². The van der Waals surface area contributed by atoms with E-state index < -0.39 is 4.92 Å². The SMILES string of the molecule is N#Cc1nc(-c2ccccc2[N+](=O)[O-])oc1N1CCCCC1. The van der Waals surface area contributed by atoms with Crippen molar-refractivity contribution < 1.29 is 9.34 Å². The molecule has 1 aliphatic rings. The first-order valence-corrected chi connectivity index (χ1v) is 7.10. The lowest BCUT2D eigenvalue weighted by atomic mass is 10.1. The lowest BCUT2D eigenvalue weighted by Crippen LogP contribution is -2.29. The summed E-state index contributed by atoms with van der Waals surface area (Å²) in [4.78, 5) is 16.8. The molecule has 3 rings (SSSR count). The van der Waals surface area contributed by atoms with Crippen LogP contribution in [0.4, 0.5) is 11.6 Å². The lowest BCUT2D eigenvalue weighted by molar-refractivity contribution is -0.384. The number of nitriles is 1. The number of hydrogen-bond donors (Lipinski definition) is 0. The number of anilines is 1. The summed E-state index contributed by atoms with van der Waals surface area (Å²) < 4.78 is 5.71. The second-order valence-corrected chi connectivity index (χ2v) is 5.11. The molecule has 0 N–H and O–H groups in total. The average molecular weight is 298 g/mol. The van der Waals surface area contributed by atoms with Gasteiger partial charge in [0.25, 0.3) is 5.69 Å². The molecule has 0 saturated carbocycles. The molecule has 7 heteroatoms. The zero-order valence-corrected chi connectivity index (χ0v) is 11.9. The molecule has 0 spiro atoms. The smallest absolute Gasteiger partial charge is 0.282 e. The standard InChI is InChI=1S/C15H14N4O3/c16-10-12-15(18-8-4-1-5-9-18)22-14(17-12)11-6-2-3-7-13(11)19(20)21/h2-3,6-7H,1,4-5,8-9H2. The number of hydrogen-bond acceptors (Lipinski definition) is 6. The van der Waals surface area contributed by atoms with Gasteiger partial charge in [0.05, 0.1) is 4.92 Å². The van der Waals surface area contributed by atoms with Crippen molar-refractivity contribution in [2.24, 2.45) is 0 Å². The topological polar surface area (TPSA) is 96.2 Å². The second kappa shape index (κ2) is 5.85. The van der Waals surface area contributed by atoms with Crippen molar-refractivity contribution in [1.29, 1.82) is 5.26 Å². The highest BCUT2D eigenvalue weighted by Gasteiger charge is 2.25. The maximum absolute atomic E-state index is 11.1. The summed E-state index contributed by atoms with van der Waals surface area (Å²) in [6, 6.07) is 8.25. The van der Waals surface area contributed by atoms with Crippen molar-refractivity contribution in [3.8, 4) is 17.5 Å². The highest BCUT2D eigenvalue weighted by Crippen LogP contribution is 2.34. The minimum atomic E-state index is -0.480. The number of piperidine rings is 1. The van der Waals surface area contributed by atoms with E-state index in [4.69, 9.17) is 4.42 Å². The van der Waals surface area contributed by atoms with Gasteiger partial charge in [-0.15, -0.1) is 0 Å². The fourth-order valence-electron chi connectivity index (χ4n) is 2.63. The number of nitro benzene ring substituents is 1. The molecule has 0 atom stereocenters. The van der Waals surface area contributed by atoms with E-state index in [2.05, 4.69) is 4.98 Å². The van der Waals surface area contributed by atoms with Crippen LogP contribution < -0.4 is 4.90 Å². The minimum absolute atomic E-state index is 0.0848. The Morgan fingerprint density at radius 2 is 2.00 bits per heavy atom. The molecule has 1 saturated heterocycles. The molecule has 1 aromatic carbocycles. The highest BCUT2D eigenvalue weighted by atomic mass is 16.6. The van der Waals surface area contributed by atoms with Crippen molar-refractivity contribution in [3.05, 3.63) is 40.1 Å². The van der Waals surface area contributed by atoms with Gasteiger partial charge in [0.2, 0.25) is 17.5 Å². The Morgan fingerprint density at radius 1 is 1.27 bits per heavy atom. The van der Waals surface area contributed by atoms with Gasteiger partial charge >= 0.3 is 0 Å². The van der Waals surface area contributed by atoms with E-state index in [1.165, 1.54) is 6.07 Å². The van der Waals surface area contributed by atoms with E-state index in [0.29, 0.717) is 5.88 Å². The van der Waals surface area contributed by atoms with E-state index in [9.17, 15) is 15.4 Å². The molecular formula is C15H14N4O3. The van der Waals surface area contributed by atoms with Gasteiger partial charge in [-0.25, -0.2) is 0 Å². The zero-order valence-electron chi connectivity index (χ0n) is 11.9. The van der Waals surface area contributed by atoms with Crippen LogP contribution in [0.2, 0.25) is 0 Å². The van der Waals surface area contributed by atoms with Crippen LogP contribution in [0, 0.1) is 21.4 Å². The molecule has 0 bridgehead atoms. The van der Waals surface area contributed by atoms with Crippen molar-refractivity contribution in [3.63, 3.8) is 0 Å². The summed E-state index contributed by atoms with van der Waals surface area (Å²) in [7, 11) is 0. The summed E-state index contributed by atoms with van der Waals surface area (Å²) in [6.45, 7) is 1.61. The summed E-state index contributed by atoms with van der Waals surface area (Å²) in [5.41, 5.74) is 0.376. The van der Waals surface area contributed by atoms with Crippen LogP contribution in [-0.2, 0) is 0 Å². The summed E-state index contributed by atoms with van der Waals surface area (Å²) >= 11 is 0. The van der Waals surface area contributed by atoms with Gasteiger partial charge in [-0.05, 0) is 25.3 Å². The first-order chi connectivity index (χ1) is 10.7. The third kappa shape index (κ3) is 2.51. The Bertz CT molecular complexity index is 741. The molecule has 2 heterocycles. The third-order valence-electron chi connectivity index (χ3n) is 3.69. The highest BCUT2D eigenvalue weighted by molar-refractivity contribution is 5.68. The van der Waals surface area contributed by atoms with Gasteiger partial charge in [-0.2, -0.15) is 10.2 Å². The van der Waals surface area contributed by atoms with Crippen LogP contribution >= 0.6 is 0 Å². The molecule has 0 unspecified atom stereocenters. The van der Waals surface area contributed by atoms with Gasteiger partial charge in [-0.1, -0.05) is 12.1 Å². The summed E-state index contributed by atoms with van der Waals surface area (Å²) in [5.74, 6) is 0.528. The number of benzene rings is 1. The molecule has 112 valence electrons.